The molecule has 0 saturated heterocycles. The highest BCUT2D eigenvalue weighted by Crippen LogP contribution is 2.23. The number of hydroxylamine groups is 1. The van der Waals surface area contributed by atoms with E-state index in [1.807, 2.05) is 19.9 Å². The zero-order chi connectivity index (χ0) is 19.8. The van der Waals surface area contributed by atoms with E-state index in [2.05, 4.69) is 15.4 Å². The van der Waals surface area contributed by atoms with E-state index in [0.717, 1.165) is 18.8 Å². The molecule has 0 atom stereocenters. The molecule has 27 heavy (non-hydrogen) atoms. The summed E-state index contributed by atoms with van der Waals surface area (Å²) < 4.78 is 0. The molecule has 4 N–H and O–H groups in total. The van der Waals surface area contributed by atoms with Gasteiger partial charge in [0.2, 0.25) is 0 Å². The molecule has 142 valence electrons. The predicted molar refractivity (Wildman–Crippen MR) is 102 cm³/mol. The van der Waals surface area contributed by atoms with Crippen LogP contribution < -0.4 is 15.8 Å². The number of carbonyl (C=O) groups excluding carboxylic acids is 2. The second-order valence-electron chi connectivity index (χ2n) is 5.63. The molecule has 0 bridgehead atoms. The van der Waals surface area contributed by atoms with Crippen LogP contribution in [-0.4, -0.2) is 41.4 Å². The Hall–Kier alpha value is -3.39. The lowest BCUT2D eigenvalue weighted by Gasteiger charge is -2.21. The van der Waals surface area contributed by atoms with Gasteiger partial charge in [-0.15, -0.1) is 0 Å². The highest BCUT2D eigenvalue weighted by atomic mass is 16.5. The van der Waals surface area contributed by atoms with Crippen LogP contribution >= 0.6 is 0 Å². The van der Waals surface area contributed by atoms with Gasteiger partial charge in [-0.25, -0.2) is 10.9 Å². The number of amides is 2. The molecule has 2 rings (SSSR count). The van der Waals surface area contributed by atoms with Gasteiger partial charge in [-0.1, -0.05) is 0 Å². The third kappa shape index (κ3) is 5.05. The van der Waals surface area contributed by atoms with Gasteiger partial charge in [0.15, 0.2) is 0 Å². The summed E-state index contributed by atoms with van der Waals surface area (Å²) in [7, 11) is 0. The Morgan fingerprint density at radius 1 is 1.04 bits per heavy atom. The van der Waals surface area contributed by atoms with Crippen LogP contribution in [-0.2, 0) is 0 Å². The first kappa shape index (κ1) is 19.9. The number of aromatic hydroxyl groups is 1. The van der Waals surface area contributed by atoms with Crippen molar-refractivity contribution >= 4 is 23.7 Å². The maximum atomic E-state index is 12.0. The van der Waals surface area contributed by atoms with Crippen molar-refractivity contribution < 1.29 is 19.9 Å². The molecule has 0 aliphatic rings. The van der Waals surface area contributed by atoms with E-state index in [4.69, 9.17) is 5.21 Å². The van der Waals surface area contributed by atoms with Crippen molar-refractivity contribution in [1.82, 2.24) is 10.9 Å². The lowest BCUT2D eigenvalue weighted by Crippen LogP contribution is -2.21. The SMILES string of the molecule is CCN(CC)c1ccc(/C=N/NC(=O)c2ccc(C(=O)NO)cc2)c(O)c1. The highest BCUT2D eigenvalue weighted by molar-refractivity contribution is 5.97. The van der Waals surface area contributed by atoms with Crippen molar-refractivity contribution in [3.63, 3.8) is 0 Å². The fourth-order valence-corrected chi connectivity index (χ4v) is 2.49. The molecular formula is C19H22N4O4. The number of hydrogen-bond acceptors (Lipinski definition) is 6. The van der Waals surface area contributed by atoms with Gasteiger partial charge in [0.05, 0.1) is 6.21 Å². The van der Waals surface area contributed by atoms with Crippen LogP contribution in [0.3, 0.4) is 0 Å². The Morgan fingerprint density at radius 3 is 2.15 bits per heavy atom. The molecular weight excluding hydrogens is 348 g/mol. The van der Waals surface area contributed by atoms with E-state index in [9.17, 15) is 14.7 Å². The number of hydrazone groups is 1. The van der Waals surface area contributed by atoms with Gasteiger partial charge < -0.3 is 10.0 Å². The van der Waals surface area contributed by atoms with E-state index in [1.54, 1.807) is 12.1 Å². The Bertz CT molecular complexity index is 830. The molecule has 0 radical (unpaired) electrons. The highest BCUT2D eigenvalue weighted by Gasteiger charge is 2.08. The Balaban J connectivity index is 2.02. The normalized spacial score (nSPS) is 10.6. The van der Waals surface area contributed by atoms with Gasteiger partial charge >= 0.3 is 0 Å². The fraction of sp³-hybridized carbons (Fsp3) is 0.211. The summed E-state index contributed by atoms with van der Waals surface area (Å²) in [6.45, 7) is 5.73. The molecule has 2 aromatic rings. The first-order valence-corrected chi connectivity index (χ1v) is 8.46. The number of hydrogen-bond donors (Lipinski definition) is 4. The number of benzene rings is 2. The molecule has 2 aromatic carbocycles. The van der Waals surface area contributed by atoms with Gasteiger partial charge in [-0.05, 0) is 50.2 Å². The third-order valence-electron chi connectivity index (χ3n) is 4.02. The summed E-state index contributed by atoms with van der Waals surface area (Å²) in [5.41, 5.74) is 5.77. The Kier molecular flexibility index (Phi) is 6.90. The van der Waals surface area contributed by atoms with Crippen LogP contribution in [0, 0.1) is 0 Å². The van der Waals surface area contributed by atoms with Crippen molar-refractivity contribution in [2.75, 3.05) is 18.0 Å². The monoisotopic (exact) mass is 370 g/mol. The summed E-state index contributed by atoms with van der Waals surface area (Å²) in [5.74, 6) is -1.07. The van der Waals surface area contributed by atoms with E-state index >= 15 is 0 Å². The molecule has 0 spiro atoms. The molecule has 0 saturated carbocycles. The first-order valence-electron chi connectivity index (χ1n) is 8.46. The smallest absolute Gasteiger partial charge is 0.274 e. The van der Waals surface area contributed by atoms with E-state index in [-0.39, 0.29) is 11.3 Å². The van der Waals surface area contributed by atoms with Gasteiger partial charge in [0.25, 0.3) is 11.8 Å². The minimum absolute atomic E-state index is 0.0665. The second-order valence-corrected chi connectivity index (χ2v) is 5.63. The first-order chi connectivity index (χ1) is 13.0. The largest absolute Gasteiger partial charge is 0.507 e. The summed E-state index contributed by atoms with van der Waals surface area (Å²) in [6, 6.07) is 10.9. The van der Waals surface area contributed by atoms with Crippen molar-refractivity contribution in [2.24, 2.45) is 5.10 Å². The molecule has 0 aromatic heterocycles. The van der Waals surface area contributed by atoms with Gasteiger partial charge in [-0.2, -0.15) is 5.10 Å². The predicted octanol–water partition coefficient (Wildman–Crippen LogP) is 2.12. The zero-order valence-corrected chi connectivity index (χ0v) is 15.1. The Labute approximate surface area is 157 Å². The fourth-order valence-electron chi connectivity index (χ4n) is 2.49. The molecule has 0 heterocycles. The lowest BCUT2D eigenvalue weighted by atomic mass is 10.1. The molecule has 8 heteroatoms. The summed E-state index contributed by atoms with van der Waals surface area (Å²) in [5, 5.41) is 22.5. The molecule has 0 aliphatic carbocycles. The minimum atomic E-state index is -0.663. The molecule has 8 nitrogen and oxygen atoms in total. The van der Waals surface area contributed by atoms with Crippen LogP contribution in [0.4, 0.5) is 5.69 Å². The molecule has 2 amide bonds. The van der Waals surface area contributed by atoms with Crippen LogP contribution in [0.15, 0.2) is 47.6 Å². The van der Waals surface area contributed by atoms with E-state index in [1.165, 1.54) is 36.0 Å². The van der Waals surface area contributed by atoms with Gasteiger partial charge in [0.1, 0.15) is 5.75 Å². The number of phenols is 1. The van der Waals surface area contributed by atoms with Gasteiger partial charge in [-0.3, -0.25) is 14.8 Å². The van der Waals surface area contributed by atoms with Crippen molar-refractivity contribution in [1.29, 1.82) is 0 Å². The maximum Gasteiger partial charge on any atom is 0.274 e. The second kappa shape index (κ2) is 9.35. The number of phenolic OH excluding ortho intramolecular Hbond substituents is 1. The minimum Gasteiger partial charge on any atom is -0.507 e. The molecule has 0 fully saturated rings. The maximum absolute atomic E-state index is 12.0. The average molecular weight is 370 g/mol. The number of carbonyl (C=O) groups is 2. The molecule has 0 aliphatic heterocycles. The van der Waals surface area contributed by atoms with E-state index in [0.29, 0.717) is 11.1 Å². The Morgan fingerprint density at radius 2 is 1.63 bits per heavy atom. The molecule has 0 unspecified atom stereocenters. The van der Waals surface area contributed by atoms with Crippen LogP contribution in [0.1, 0.15) is 40.1 Å². The van der Waals surface area contributed by atoms with Crippen molar-refractivity contribution in [2.45, 2.75) is 13.8 Å². The van der Waals surface area contributed by atoms with Crippen LogP contribution in [0.5, 0.6) is 5.75 Å². The van der Waals surface area contributed by atoms with Crippen molar-refractivity contribution in [3.8, 4) is 5.75 Å². The third-order valence-corrected chi connectivity index (χ3v) is 4.02. The topological polar surface area (TPSA) is 114 Å². The number of nitrogens with one attached hydrogen (secondary N) is 2. The number of nitrogens with zero attached hydrogens (tertiary/aromatic N) is 2. The lowest BCUT2D eigenvalue weighted by molar-refractivity contribution is 0.0706. The number of anilines is 1. The van der Waals surface area contributed by atoms with E-state index < -0.39 is 11.8 Å². The summed E-state index contributed by atoms with van der Waals surface area (Å²) in [6.07, 6.45) is 1.35. The summed E-state index contributed by atoms with van der Waals surface area (Å²) in [4.78, 5) is 25.4. The quantitative estimate of drug-likeness (QED) is 0.339. The number of rotatable bonds is 7. The van der Waals surface area contributed by atoms with Crippen molar-refractivity contribution in [3.05, 3.63) is 59.2 Å². The average Bonchev–Trinajstić information content (AvgIpc) is 2.69. The van der Waals surface area contributed by atoms with Gasteiger partial charge in [0, 0.05) is 41.5 Å². The summed E-state index contributed by atoms with van der Waals surface area (Å²) >= 11 is 0. The standard InChI is InChI=1S/C19H22N4O4/c1-3-23(4-2)16-10-9-15(17(24)11-16)12-20-21-18(25)13-5-7-14(8-6-13)19(26)22-27/h5-12,24,27H,3-4H2,1-2H3,(H,21,25)(H,22,26)/b20-12+. The van der Waals surface area contributed by atoms with Crippen LogP contribution in [0.25, 0.3) is 0 Å². The zero-order valence-electron chi connectivity index (χ0n) is 15.1. The van der Waals surface area contributed by atoms with Crippen LogP contribution in [0.2, 0.25) is 0 Å².